The molecule has 0 aromatic carbocycles. The van der Waals surface area contributed by atoms with Crippen LogP contribution in [0.3, 0.4) is 0 Å². The molecule has 1 rings (SSSR count). The van der Waals surface area contributed by atoms with Crippen molar-refractivity contribution in [3.05, 3.63) is 17.5 Å². The van der Waals surface area contributed by atoms with Crippen LogP contribution in [0.25, 0.3) is 0 Å². The summed E-state index contributed by atoms with van der Waals surface area (Å²) in [5.41, 5.74) is 0.901. The quantitative estimate of drug-likeness (QED) is 0.553. The van der Waals surface area contributed by atoms with Crippen LogP contribution in [0.5, 0.6) is 0 Å². The molecular weight excluding hydrogens is 208 g/mol. The fraction of sp³-hybridized carbons (Fsp3) is 0.600. The van der Waals surface area contributed by atoms with Gasteiger partial charge in [-0.2, -0.15) is 0 Å². The van der Waals surface area contributed by atoms with E-state index in [1.54, 1.807) is 4.68 Å². The number of ether oxygens (including phenoxy) is 1. The van der Waals surface area contributed by atoms with Gasteiger partial charge in [0.1, 0.15) is 0 Å². The van der Waals surface area contributed by atoms with Gasteiger partial charge in [0.15, 0.2) is 12.4 Å². The van der Waals surface area contributed by atoms with Crippen molar-refractivity contribution in [1.82, 2.24) is 20.2 Å². The minimum Gasteiger partial charge on any atom is -0.454 e. The van der Waals surface area contributed by atoms with Crippen molar-refractivity contribution in [2.24, 2.45) is 0 Å². The van der Waals surface area contributed by atoms with Gasteiger partial charge in [-0.05, 0) is 30.7 Å². The fourth-order valence-corrected chi connectivity index (χ4v) is 1.13. The van der Waals surface area contributed by atoms with Gasteiger partial charge in [0.25, 0.3) is 0 Å². The number of rotatable bonds is 5. The molecule has 0 unspecified atom stereocenters. The van der Waals surface area contributed by atoms with Gasteiger partial charge in [-0.25, -0.2) is 9.48 Å². The number of hydrogen-bond donors (Lipinski definition) is 0. The van der Waals surface area contributed by atoms with E-state index >= 15 is 0 Å². The number of hydrogen-bond acceptors (Lipinski definition) is 5. The zero-order valence-corrected chi connectivity index (χ0v) is 9.80. The van der Waals surface area contributed by atoms with Crippen LogP contribution in [0.1, 0.15) is 33.0 Å². The second-order valence-corrected chi connectivity index (χ2v) is 3.65. The SMILES string of the molecule is CCCn1nnnc1COC(=O)C=C(C)C. The van der Waals surface area contributed by atoms with Gasteiger partial charge in [0.05, 0.1) is 0 Å². The van der Waals surface area contributed by atoms with Gasteiger partial charge in [-0.3, -0.25) is 0 Å². The highest BCUT2D eigenvalue weighted by molar-refractivity contribution is 5.82. The monoisotopic (exact) mass is 224 g/mol. The van der Waals surface area contributed by atoms with E-state index in [1.807, 2.05) is 20.8 Å². The zero-order valence-electron chi connectivity index (χ0n) is 9.80. The Morgan fingerprint density at radius 3 is 2.88 bits per heavy atom. The molecule has 0 atom stereocenters. The molecule has 88 valence electrons. The molecule has 0 aliphatic carbocycles. The van der Waals surface area contributed by atoms with Crippen molar-refractivity contribution >= 4 is 5.97 Å². The lowest BCUT2D eigenvalue weighted by molar-refractivity contribution is -0.139. The van der Waals surface area contributed by atoms with Crippen molar-refractivity contribution in [2.45, 2.75) is 40.3 Å². The highest BCUT2D eigenvalue weighted by Gasteiger charge is 2.07. The molecule has 0 radical (unpaired) electrons. The van der Waals surface area contributed by atoms with E-state index in [-0.39, 0.29) is 12.6 Å². The lowest BCUT2D eigenvalue weighted by Gasteiger charge is -2.03. The van der Waals surface area contributed by atoms with Gasteiger partial charge >= 0.3 is 5.97 Å². The Kier molecular flexibility index (Phi) is 4.63. The lowest BCUT2D eigenvalue weighted by atomic mass is 10.3. The normalized spacial score (nSPS) is 9.94. The summed E-state index contributed by atoms with van der Waals surface area (Å²) in [6.07, 6.45) is 2.37. The molecule has 0 amide bonds. The molecule has 16 heavy (non-hydrogen) atoms. The molecule has 0 spiro atoms. The van der Waals surface area contributed by atoms with Crippen LogP contribution in [-0.4, -0.2) is 26.2 Å². The Morgan fingerprint density at radius 2 is 2.25 bits per heavy atom. The minimum absolute atomic E-state index is 0.107. The Morgan fingerprint density at radius 1 is 1.50 bits per heavy atom. The Balaban J connectivity index is 2.51. The highest BCUT2D eigenvalue weighted by Crippen LogP contribution is 1.99. The molecule has 0 fully saturated rings. The van der Waals surface area contributed by atoms with Gasteiger partial charge in [-0.15, -0.1) is 5.10 Å². The molecule has 6 heteroatoms. The number of aromatic nitrogens is 4. The molecule has 1 aromatic rings. The first-order chi connectivity index (χ1) is 7.63. The second kappa shape index (κ2) is 5.99. The Labute approximate surface area is 94.3 Å². The lowest BCUT2D eigenvalue weighted by Crippen LogP contribution is -2.09. The third-order valence-electron chi connectivity index (χ3n) is 1.79. The summed E-state index contributed by atoms with van der Waals surface area (Å²) >= 11 is 0. The summed E-state index contributed by atoms with van der Waals surface area (Å²) in [5.74, 6) is 0.198. The third-order valence-corrected chi connectivity index (χ3v) is 1.79. The summed E-state index contributed by atoms with van der Waals surface area (Å²) in [5, 5.41) is 11.1. The average Bonchev–Trinajstić information content (AvgIpc) is 2.62. The maximum absolute atomic E-state index is 11.2. The van der Waals surface area contributed by atoms with Crippen molar-refractivity contribution in [2.75, 3.05) is 0 Å². The summed E-state index contributed by atoms with van der Waals surface area (Å²) in [7, 11) is 0. The van der Waals surface area contributed by atoms with Crippen LogP contribution in [0.2, 0.25) is 0 Å². The van der Waals surface area contributed by atoms with E-state index in [0.717, 1.165) is 18.5 Å². The average molecular weight is 224 g/mol. The van der Waals surface area contributed by atoms with E-state index in [4.69, 9.17) is 4.74 Å². The Bertz CT molecular complexity index is 380. The summed E-state index contributed by atoms with van der Waals surface area (Å²) < 4.78 is 6.64. The minimum atomic E-state index is -0.369. The highest BCUT2D eigenvalue weighted by atomic mass is 16.5. The van der Waals surface area contributed by atoms with Gasteiger partial charge < -0.3 is 4.74 Å². The molecule has 1 heterocycles. The van der Waals surface area contributed by atoms with Crippen LogP contribution in [0.15, 0.2) is 11.6 Å². The van der Waals surface area contributed by atoms with Crippen LogP contribution in [0.4, 0.5) is 0 Å². The van der Waals surface area contributed by atoms with Gasteiger partial charge in [-0.1, -0.05) is 12.5 Å². The number of carbonyl (C=O) groups excluding carboxylic acids is 1. The topological polar surface area (TPSA) is 69.9 Å². The summed E-state index contributed by atoms with van der Waals surface area (Å²) in [6.45, 7) is 6.53. The molecule has 0 saturated carbocycles. The van der Waals surface area contributed by atoms with E-state index in [2.05, 4.69) is 15.5 Å². The molecule has 0 bridgehead atoms. The predicted molar refractivity (Wildman–Crippen MR) is 57.3 cm³/mol. The number of carbonyl (C=O) groups is 1. The maximum Gasteiger partial charge on any atom is 0.331 e. The number of aryl methyl sites for hydroxylation is 1. The molecule has 0 aliphatic rings. The second-order valence-electron chi connectivity index (χ2n) is 3.65. The number of allylic oxidation sites excluding steroid dienone is 1. The first-order valence-electron chi connectivity index (χ1n) is 5.20. The fourth-order valence-electron chi connectivity index (χ4n) is 1.13. The zero-order chi connectivity index (χ0) is 12.0. The van der Waals surface area contributed by atoms with Crippen molar-refractivity contribution in [3.8, 4) is 0 Å². The number of esters is 1. The van der Waals surface area contributed by atoms with E-state index in [1.165, 1.54) is 6.08 Å². The molecule has 0 N–H and O–H groups in total. The molecule has 6 nitrogen and oxygen atoms in total. The number of nitrogens with zero attached hydrogens (tertiary/aromatic N) is 4. The first kappa shape index (κ1) is 12.4. The molecule has 0 saturated heterocycles. The van der Waals surface area contributed by atoms with Crippen LogP contribution in [0, 0.1) is 0 Å². The van der Waals surface area contributed by atoms with E-state index < -0.39 is 0 Å². The van der Waals surface area contributed by atoms with Crippen LogP contribution >= 0.6 is 0 Å². The molecule has 1 aromatic heterocycles. The van der Waals surface area contributed by atoms with E-state index in [9.17, 15) is 4.79 Å². The van der Waals surface area contributed by atoms with Gasteiger partial charge in [0, 0.05) is 12.6 Å². The van der Waals surface area contributed by atoms with Crippen molar-refractivity contribution in [3.63, 3.8) is 0 Å². The molecular formula is C10H16N4O2. The standard InChI is InChI=1S/C10H16N4O2/c1-4-5-14-9(11-12-13-14)7-16-10(15)6-8(2)3/h6H,4-5,7H2,1-3H3. The summed E-state index contributed by atoms with van der Waals surface area (Å²) in [6, 6.07) is 0. The van der Waals surface area contributed by atoms with E-state index in [0.29, 0.717) is 5.82 Å². The summed E-state index contributed by atoms with van der Waals surface area (Å²) in [4.78, 5) is 11.2. The smallest absolute Gasteiger partial charge is 0.331 e. The third kappa shape index (κ3) is 3.80. The predicted octanol–water partition coefficient (Wildman–Crippen LogP) is 1.09. The largest absolute Gasteiger partial charge is 0.454 e. The van der Waals surface area contributed by atoms with Crippen molar-refractivity contribution < 1.29 is 9.53 Å². The van der Waals surface area contributed by atoms with Crippen molar-refractivity contribution in [1.29, 1.82) is 0 Å². The first-order valence-corrected chi connectivity index (χ1v) is 5.20. The molecule has 0 aliphatic heterocycles. The Hall–Kier alpha value is -1.72. The van der Waals surface area contributed by atoms with Crippen LogP contribution < -0.4 is 0 Å². The number of tetrazole rings is 1. The maximum atomic E-state index is 11.2. The van der Waals surface area contributed by atoms with Gasteiger partial charge in [0.2, 0.25) is 0 Å². The van der Waals surface area contributed by atoms with Crippen LogP contribution in [-0.2, 0) is 22.7 Å².